The third-order valence-corrected chi connectivity index (χ3v) is 11.1. The van der Waals surface area contributed by atoms with Crippen LogP contribution in [0.15, 0.2) is 30.3 Å². The molecule has 1 saturated carbocycles. The first-order valence-corrected chi connectivity index (χ1v) is 17.0. The Morgan fingerprint density at radius 1 is 1.15 bits per heavy atom. The van der Waals surface area contributed by atoms with Crippen molar-refractivity contribution in [2.45, 2.75) is 63.6 Å². The van der Waals surface area contributed by atoms with Gasteiger partial charge in [-0.15, -0.1) is 6.42 Å². The normalized spacial score (nSPS) is 26.0. The molecule has 2 N–H and O–H groups in total. The molecule has 4 aromatic rings. The van der Waals surface area contributed by atoms with Gasteiger partial charge in [0.05, 0.1) is 12.6 Å². The smallest absolute Gasteiger partial charge is 0.319 e. The van der Waals surface area contributed by atoms with Crippen molar-refractivity contribution in [3.63, 3.8) is 0 Å². The quantitative estimate of drug-likeness (QED) is 0.275. The van der Waals surface area contributed by atoms with Gasteiger partial charge in [0.2, 0.25) is 5.88 Å². The van der Waals surface area contributed by atoms with Gasteiger partial charge >= 0.3 is 6.01 Å². The van der Waals surface area contributed by atoms with Gasteiger partial charge in [0.1, 0.15) is 34.8 Å². The van der Waals surface area contributed by atoms with Gasteiger partial charge < -0.3 is 29.7 Å². The molecular weight excluding hydrogens is 595 g/mol. The number of phenols is 1. The van der Waals surface area contributed by atoms with E-state index in [9.17, 15) is 5.11 Å². The maximum absolute atomic E-state index is 17.1. The van der Waals surface area contributed by atoms with Crippen molar-refractivity contribution in [1.29, 1.82) is 0 Å². The van der Waals surface area contributed by atoms with Crippen molar-refractivity contribution in [1.82, 2.24) is 25.2 Å². The van der Waals surface area contributed by atoms with Crippen LogP contribution >= 0.6 is 0 Å². The maximum Gasteiger partial charge on any atom is 0.319 e. The number of hydrogen-bond acceptors (Lipinski definition) is 9. The molecule has 2 aromatic heterocycles. The predicted octanol–water partition coefficient (Wildman–Crippen LogP) is 5.26. The van der Waals surface area contributed by atoms with Crippen LogP contribution in [0.5, 0.6) is 17.6 Å². The summed E-state index contributed by atoms with van der Waals surface area (Å²) in [7, 11) is 0. The summed E-state index contributed by atoms with van der Waals surface area (Å²) in [6.07, 6.45) is 12.7. The van der Waals surface area contributed by atoms with Crippen LogP contribution < -0.4 is 19.7 Å². The fraction of sp³-hybridized carbons (Fsp3) is 0.486. The first kappa shape index (κ1) is 29.0. The molecule has 5 aliphatic rings. The van der Waals surface area contributed by atoms with Gasteiger partial charge in [-0.05, 0) is 74.6 Å². The second-order valence-electron chi connectivity index (χ2n) is 14.5. The lowest BCUT2D eigenvalue weighted by atomic mass is 9.96. The van der Waals surface area contributed by atoms with Crippen LogP contribution in [0.4, 0.5) is 10.2 Å². The second-order valence-corrected chi connectivity index (χ2v) is 14.5. The minimum absolute atomic E-state index is 0.00548. The highest BCUT2D eigenvalue weighted by molar-refractivity contribution is 6.04. The van der Waals surface area contributed by atoms with E-state index in [4.69, 9.17) is 30.8 Å². The average Bonchev–Trinajstić information content (AvgIpc) is 3.76. The summed E-state index contributed by atoms with van der Waals surface area (Å²) in [4.78, 5) is 19.4. The number of benzene rings is 2. The third kappa shape index (κ3) is 4.94. The molecule has 1 aliphatic carbocycles. The maximum atomic E-state index is 17.1. The molecule has 4 atom stereocenters. The number of ether oxygens (including phenoxy) is 2. The van der Waals surface area contributed by atoms with Crippen molar-refractivity contribution >= 4 is 27.5 Å². The Bertz CT molecular complexity index is 1960. The summed E-state index contributed by atoms with van der Waals surface area (Å²) in [6.45, 7) is 7.19. The van der Waals surface area contributed by atoms with Gasteiger partial charge in [0.25, 0.3) is 0 Å². The average molecular weight is 635 g/mol. The van der Waals surface area contributed by atoms with Gasteiger partial charge in [-0.2, -0.15) is 9.97 Å². The van der Waals surface area contributed by atoms with Gasteiger partial charge in [0, 0.05) is 53.6 Å². The number of pyridine rings is 1. The monoisotopic (exact) mass is 634 g/mol. The summed E-state index contributed by atoms with van der Waals surface area (Å²) < 4.78 is 29.9. The van der Waals surface area contributed by atoms with Crippen LogP contribution in [0.3, 0.4) is 0 Å². The number of anilines is 1. The van der Waals surface area contributed by atoms with E-state index in [2.05, 4.69) is 28.0 Å². The molecule has 47 heavy (non-hydrogen) atoms. The van der Waals surface area contributed by atoms with E-state index in [1.165, 1.54) is 18.9 Å². The summed E-state index contributed by atoms with van der Waals surface area (Å²) >= 11 is 0. The zero-order valence-corrected chi connectivity index (χ0v) is 26.6. The molecule has 0 amide bonds. The van der Waals surface area contributed by atoms with Crippen molar-refractivity contribution in [3.8, 4) is 41.2 Å². The number of phenolic OH excluding ortho intramolecular Hbond substituents is 1. The van der Waals surface area contributed by atoms with Crippen LogP contribution in [0.25, 0.3) is 32.9 Å². The molecule has 0 spiro atoms. The Morgan fingerprint density at radius 2 is 2.04 bits per heavy atom. The van der Waals surface area contributed by atoms with Gasteiger partial charge in [-0.25, -0.2) is 9.37 Å². The largest absolute Gasteiger partial charge is 0.508 e. The summed E-state index contributed by atoms with van der Waals surface area (Å²) in [5, 5.41) is 16.2. The van der Waals surface area contributed by atoms with Crippen LogP contribution in [-0.2, 0) is 0 Å². The number of nitrogens with one attached hydrogen (secondary N) is 1. The molecule has 4 aliphatic heterocycles. The van der Waals surface area contributed by atoms with Crippen molar-refractivity contribution in [2.24, 2.45) is 11.3 Å². The van der Waals surface area contributed by atoms with Gasteiger partial charge in [-0.3, -0.25) is 0 Å². The SMILES string of the molecule is C#Cc1cccc2cc(O)cc(-c3nc4c5c(nc(OCC6(CN7CCC[C@H](C)C7)CC6)nc5c3F)N3C[C@H]5CC[C@H](N5)[C@H]3CO4)c12. The summed E-state index contributed by atoms with van der Waals surface area (Å²) in [5.41, 5.74) is 1.15. The summed E-state index contributed by atoms with van der Waals surface area (Å²) in [6, 6.07) is 9.33. The number of fused-ring (bicyclic) bond motifs is 6. The number of aromatic nitrogens is 3. The number of terminal acetylenes is 1. The molecule has 2 bridgehead atoms. The standard InChI is InChI=1S/C37H39FN6O3/c1-3-22-7-4-8-23-14-25(45)15-26(29(22)23)32-31(38)33-30-34(44-17-24-9-10-27(39-24)28(44)18-46-35(30)40-32)42-36(41-33)47-20-37(11-12-37)19-43-13-5-6-21(2)16-43/h1,4,7-8,14-15,21,24,27-28,39,45H,5-6,9-13,16-20H2,2H3/t21-,24+,27-,28+/m0/s1. The topological polar surface area (TPSA) is 95.9 Å². The first-order chi connectivity index (χ1) is 22.9. The molecule has 10 heteroatoms. The molecule has 9 rings (SSSR count). The van der Waals surface area contributed by atoms with E-state index >= 15 is 4.39 Å². The number of rotatable bonds is 6. The number of piperidine rings is 1. The molecule has 0 unspecified atom stereocenters. The molecule has 4 fully saturated rings. The Kier molecular flexibility index (Phi) is 6.74. The molecule has 3 saturated heterocycles. The van der Waals surface area contributed by atoms with Gasteiger partial charge in [0.15, 0.2) is 5.82 Å². The van der Waals surface area contributed by atoms with Crippen LogP contribution in [0, 0.1) is 29.5 Å². The number of nitrogens with zero attached hydrogens (tertiary/aromatic N) is 5. The fourth-order valence-corrected chi connectivity index (χ4v) is 8.53. The second kappa shape index (κ2) is 10.9. The Morgan fingerprint density at radius 3 is 2.87 bits per heavy atom. The first-order valence-electron chi connectivity index (χ1n) is 17.0. The Labute approximate surface area is 273 Å². The van der Waals surface area contributed by atoms with Crippen LogP contribution in [0.1, 0.15) is 51.0 Å². The number of likely N-dealkylation sites (tertiary alicyclic amines) is 1. The Balaban J connectivity index is 1.17. The number of hydrogen-bond donors (Lipinski definition) is 2. The number of aromatic hydroxyl groups is 1. The molecular formula is C37H39FN6O3. The molecule has 0 radical (unpaired) electrons. The molecule has 2 aromatic carbocycles. The zero-order valence-electron chi connectivity index (χ0n) is 26.6. The minimum atomic E-state index is -0.625. The van der Waals surface area contributed by atoms with E-state index in [0.717, 1.165) is 51.9 Å². The highest BCUT2D eigenvalue weighted by atomic mass is 19.1. The minimum Gasteiger partial charge on any atom is -0.508 e. The third-order valence-electron chi connectivity index (χ3n) is 11.1. The lowest BCUT2D eigenvalue weighted by Crippen LogP contribution is -2.60. The van der Waals surface area contributed by atoms with Gasteiger partial charge in [-0.1, -0.05) is 25.0 Å². The number of piperazine rings is 1. The van der Waals surface area contributed by atoms with E-state index < -0.39 is 5.82 Å². The van der Waals surface area contributed by atoms with Crippen molar-refractivity contribution < 1.29 is 19.0 Å². The molecule has 242 valence electrons. The lowest BCUT2D eigenvalue weighted by Gasteiger charge is -2.40. The van der Waals surface area contributed by atoms with E-state index in [-0.39, 0.29) is 46.3 Å². The van der Waals surface area contributed by atoms with E-state index in [0.29, 0.717) is 58.3 Å². The van der Waals surface area contributed by atoms with E-state index in [1.54, 1.807) is 12.1 Å². The number of halogens is 1. The predicted molar refractivity (Wildman–Crippen MR) is 178 cm³/mol. The molecule has 6 heterocycles. The van der Waals surface area contributed by atoms with Crippen LogP contribution in [0.2, 0.25) is 0 Å². The van der Waals surface area contributed by atoms with Crippen LogP contribution in [-0.4, -0.2) is 82.5 Å². The lowest BCUT2D eigenvalue weighted by molar-refractivity contribution is 0.119. The zero-order chi connectivity index (χ0) is 31.9. The summed E-state index contributed by atoms with van der Waals surface area (Å²) in [5.74, 6) is 3.67. The highest BCUT2D eigenvalue weighted by Crippen LogP contribution is 2.48. The van der Waals surface area contributed by atoms with E-state index in [1.807, 2.05) is 12.1 Å². The Hall–Kier alpha value is -4.20. The fourth-order valence-electron chi connectivity index (χ4n) is 8.53. The molecule has 9 nitrogen and oxygen atoms in total. The highest BCUT2D eigenvalue weighted by Gasteiger charge is 2.46. The van der Waals surface area contributed by atoms with Crippen molar-refractivity contribution in [2.75, 3.05) is 44.3 Å². The van der Waals surface area contributed by atoms with Crippen molar-refractivity contribution in [3.05, 3.63) is 41.7 Å².